The van der Waals surface area contributed by atoms with E-state index in [1.807, 2.05) is 11.7 Å². The Morgan fingerprint density at radius 3 is 2.72 bits per heavy atom. The summed E-state index contributed by atoms with van der Waals surface area (Å²) in [7, 11) is 2.04. The molecule has 5 heteroatoms. The molecular weight excluding hydrogens is 228 g/mol. The fourth-order valence-corrected chi connectivity index (χ4v) is 2.60. The molecule has 0 radical (unpaired) electrons. The summed E-state index contributed by atoms with van der Waals surface area (Å²) >= 11 is 0. The van der Waals surface area contributed by atoms with Gasteiger partial charge in [0.25, 0.3) is 0 Å². The lowest BCUT2D eigenvalue weighted by Crippen LogP contribution is -2.38. The van der Waals surface area contributed by atoms with Gasteiger partial charge in [-0.1, -0.05) is 0 Å². The zero-order valence-electron chi connectivity index (χ0n) is 11.3. The van der Waals surface area contributed by atoms with Crippen LogP contribution in [-0.4, -0.2) is 42.1 Å². The maximum absolute atomic E-state index is 5.43. The third-order valence-corrected chi connectivity index (χ3v) is 3.77. The van der Waals surface area contributed by atoms with Crippen molar-refractivity contribution in [3.63, 3.8) is 0 Å². The number of nitrogens with zero attached hydrogens (tertiary/aromatic N) is 3. The number of aryl methyl sites for hydroxylation is 2. The van der Waals surface area contributed by atoms with Gasteiger partial charge in [0.15, 0.2) is 0 Å². The molecule has 1 aromatic heterocycles. The molecule has 0 bridgehead atoms. The predicted octanol–water partition coefficient (Wildman–Crippen LogP) is 0.817. The molecule has 3 rings (SSSR count). The highest BCUT2D eigenvalue weighted by atomic mass is 16.5. The Hall–Kier alpha value is -1.07. The second-order valence-electron chi connectivity index (χ2n) is 5.27. The highest BCUT2D eigenvalue weighted by Crippen LogP contribution is 2.26. The number of anilines is 1. The first-order chi connectivity index (χ1) is 8.75. The third kappa shape index (κ3) is 2.37. The summed E-state index contributed by atoms with van der Waals surface area (Å²) in [5.74, 6) is 1.27. The molecule has 1 N–H and O–H groups in total. The molecule has 18 heavy (non-hydrogen) atoms. The van der Waals surface area contributed by atoms with Gasteiger partial charge in [-0.3, -0.25) is 4.68 Å². The standard InChI is InChI=1S/C13H22N4O/c1-10-12(9-14-11-3-4-11)13(16(2)15-10)17-5-7-18-8-6-17/h11,14H,3-9H2,1-2H3. The van der Waals surface area contributed by atoms with Crippen LogP contribution in [0.2, 0.25) is 0 Å². The van der Waals surface area contributed by atoms with Crippen molar-refractivity contribution in [2.75, 3.05) is 31.2 Å². The SMILES string of the molecule is Cc1nn(C)c(N2CCOCC2)c1CNC1CC1. The number of hydrogen-bond acceptors (Lipinski definition) is 4. The van der Waals surface area contributed by atoms with Crippen molar-refractivity contribution in [1.29, 1.82) is 0 Å². The number of ether oxygens (including phenoxy) is 1. The maximum atomic E-state index is 5.43. The number of morpholine rings is 1. The van der Waals surface area contributed by atoms with Gasteiger partial charge in [-0.15, -0.1) is 0 Å². The average molecular weight is 250 g/mol. The Morgan fingerprint density at radius 1 is 1.33 bits per heavy atom. The van der Waals surface area contributed by atoms with Gasteiger partial charge in [0.2, 0.25) is 0 Å². The topological polar surface area (TPSA) is 42.3 Å². The van der Waals surface area contributed by atoms with E-state index in [4.69, 9.17) is 4.74 Å². The van der Waals surface area contributed by atoms with Crippen molar-refractivity contribution in [2.24, 2.45) is 7.05 Å². The van der Waals surface area contributed by atoms with Gasteiger partial charge < -0.3 is 15.0 Å². The first-order valence-electron chi connectivity index (χ1n) is 6.84. The van der Waals surface area contributed by atoms with Gasteiger partial charge in [0.1, 0.15) is 5.82 Å². The molecule has 5 nitrogen and oxygen atoms in total. The Bertz CT molecular complexity index is 419. The molecule has 0 atom stereocenters. The van der Waals surface area contributed by atoms with Crippen molar-refractivity contribution in [1.82, 2.24) is 15.1 Å². The zero-order valence-corrected chi connectivity index (χ0v) is 11.3. The van der Waals surface area contributed by atoms with Crippen LogP contribution in [0.4, 0.5) is 5.82 Å². The molecule has 0 unspecified atom stereocenters. The highest BCUT2D eigenvalue weighted by Gasteiger charge is 2.24. The number of rotatable bonds is 4. The third-order valence-electron chi connectivity index (χ3n) is 3.77. The number of hydrogen-bond donors (Lipinski definition) is 1. The molecule has 1 saturated heterocycles. The zero-order chi connectivity index (χ0) is 12.5. The summed E-state index contributed by atoms with van der Waals surface area (Å²) in [6.45, 7) is 6.62. The van der Waals surface area contributed by atoms with E-state index in [-0.39, 0.29) is 0 Å². The fourth-order valence-electron chi connectivity index (χ4n) is 2.60. The van der Waals surface area contributed by atoms with Gasteiger partial charge in [-0.25, -0.2) is 0 Å². The Morgan fingerprint density at radius 2 is 2.06 bits per heavy atom. The molecule has 1 aliphatic heterocycles. The summed E-state index contributed by atoms with van der Waals surface area (Å²) in [4.78, 5) is 2.40. The molecule has 1 saturated carbocycles. The lowest BCUT2D eigenvalue weighted by molar-refractivity contribution is 0.122. The minimum absolute atomic E-state index is 0.738. The molecular formula is C13H22N4O. The first-order valence-corrected chi connectivity index (χ1v) is 6.84. The van der Waals surface area contributed by atoms with Crippen molar-refractivity contribution < 1.29 is 4.74 Å². The van der Waals surface area contributed by atoms with Crippen molar-refractivity contribution in [3.8, 4) is 0 Å². The molecule has 2 aliphatic rings. The van der Waals surface area contributed by atoms with Crippen LogP contribution in [0, 0.1) is 6.92 Å². The minimum atomic E-state index is 0.738. The number of nitrogens with one attached hydrogen (secondary N) is 1. The van der Waals surface area contributed by atoms with Crippen LogP contribution in [0.15, 0.2) is 0 Å². The van der Waals surface area contributed by atoms with Gasteiger partial charge in [0.05, 0.1) is 18.9 Å². The van der Waals surface area contributed by atoms with E-state index >= 15 is 0 Å². The monoisotopic (exact) mass is 250 g/mol. The normalized spacial score (nSPS) is 20.4. The number of aromatic nitrogens is 2. The van der Waals surface area contributed by atoms with Crippen LogP contribution in [0.1, 0.15) is 24.1 Å². The Kier molecular flexibility index (Phi) is 3.26. The fraction of sp³-hybridized carbons (Fsp3) is 0.769. The first kappa shape index (κ1) is 12.0. The summed E-state index contributed by atoms with van der Waals surface area (Å²) < 4.78 is 7.45. The van der Waals surface area contributed by atoms with E-state index in [0.29, 0.717) is 0 Å². The average Bonchev–Trinajstić information content (AvgIpc) is 3.14. The van der Waals surface area contributed by atoms with Crippen LogP contribution >= 0.6 is 0 Å². The van der Waals surface area contributed by atoms with Crippen LogP contribution in [-0.2, 0) is 18.3 Å². The molecule has 2 fully saturated rings. The molecule has 100 valence electrons. The Labute approximate surface area is 108 Å². The lowest BCUT2D eigenvalue weighted by atomic mass is 10.2. The van der Waals surface area contributed by atoms with Gasteiger partial charge in [-0.05, 0) is 19.8 Å². The minimum Gasteiger partial charge on any atom is -0.378 e. The van der Waals surface area contributed by atoms with Gasteiger partial charge in [-0.2, -0.15) is 5.10 Å². The molecule has 0 spiro atoms. The van der Waals surface area contributed by atoms with E-state index in [2.05, 4.69) is 22.2 Å². The maximum Gasteiger partial charge on any atom is 0.131 e. The molecule has 2 heterocycles. The van der Waals surface area contributed by atoms with Gasteiger partial charge >= 0.3 is 0 Å². The summed E-state index contributed by atoms with van der Waals surface area (Å²) in [6, 6.07) is 0.738. The predicted molar refractivity (Wildman–Crippen MR) is 70.8 cm³/mol. The van der Waals surface area contributed by atoms with Gasteiger partial charge in [0, 0.05) is 38.3 Å². The summed E-state index contributed by atoms with van der Waals surface area (Å²) in [5.41, 5.74) is 2.50. The van der Waals surface area contributed by atoms with Crippen LogP contribution in [0.3, 0.4) is 0 Å². The lowest BCUT2D eigenvalue weighted by Gasteiger charge is -2.29. The van der Waals surface area contributed by atoms with E-state index in [0.717, 1.165) is 44.6 Å². The second-order valence-corrected chi connectivity index (χ2v) is 5.27. The van der Waals surface area contributed by atoms with Crippen molar-refractivity contribution in [3.05, 3.63) is 11.3 Å². The Balaban J connectivity index is 1.80. The van der Waals surface area contributed by atoms with Crippen LogP contribution in [0.5, 0.6) is 0 Å². The molecule has 1 aliphatic carbocycles. The van der Waals surface area contributed by atoms with E-state index in [1.54, 1.807) is 0 Å². The van der Waals surface area contributed by atoms with Crippen LogP contribution in [0.25, 0.3) is 0 Å². The quantitative estimate of drug-likeness (QED) is 0.859. The van der Waals surface area contributed by atoms with E-state index in [9.17, 15) is 0 Å². The van der Waals surface area contributed by atoms with E-state index < -0.39 is 0 Å². The largest absolute Gasteiger partial charge is 0.378 e. The van der Waals surface area contributed by atoms with E-state index in [1.165, 1.54) is 24.2 Å². The second kappa shape index (κ2) is 4.90. The molecule has 0 amide bonds. The highest BCUT2D eigenvalue weighted by molar-refractivity contribution is 5.50. The molecule has 1 aromatic rings. The summed E-state index contributed by atoms with van der Waals surface area (Å²) in [6.07, 6.45) is 2.65. The smallest absolute Gasteiger partial charge is 0.131 e. The van der Waals surface area contributed by atoms with Crippen molar-refractivity contribution >= 4 is 5.82 Å². The molecule has 0 aromatic carbocycles. The van der Waals surface area contributed by atoms with Crippen molar-refractivity contribution in [2.45, 2.75) is 32.4 Å². The van der Waals surface area contributed by atoms with Crippen LogP contribution < -0.4 is 10.2 Å². The summed E-state index contributed by atoms with van der Waals surface area (Å²) in [5, 5.41) is 8.17.